The molecule has 0 bridgehead atoms. The number of sulfonamides is 1. The van der Waals surface area contributed by atoms with Crippen molar-refractivity contribution >= 4 is 21.8 Å². The molecule has 0 unspecified atom stereocenters. The zero-order valence-corrected chi connectivity index (χ0v) is 20.6. The van der Waals surface area contributed by atoms with Crippen LogP contribution in [0.3, 0.4) is 0 Å². The Morgan fingerprint density at radius 3 is 2.65 bits per heavy atom. The van der Waals surface area contributed by atoms with Crippen molar-refractivity contribution in [1.29, 1.82) is 0 Å². The average Bonchev–Trinajstić information content (AvgIpc) is 2.81. The van der Waals surface area contributed by atoms with E-state index < -0.39 is 15.4 Å². The van der Waals surface area contributed by atoms with E-state index in [1.807, 2.05) is 43.0 Å². The number of likely N-dealkylation sites (tertiary alicyclic amines) is 1. The van der Waals surface area contributed by atoms with Gasteiger partial charge in [0.05, 0.1) is 30.4 Å². The van der Waals surface area contributed by atoms with E-state index in [2.05, 4.69) is 4.40 Å². The van der Waals surface area contributed by atoms with Crippen LogP contribution in [-0.4, -0.2) is 51.9 Å². The molecule has 8 nitrogen and oxygen atoms in total. The lowest BCUT2D eigenvalue weighted by molar-refractivity contribution is -0.138. The van der Waals surface area contributed by atoms with Gasteiger partial charge in [0.2, 0.25) is 5.91 Å². The molecular weight excluding hydrogens is 454 g/mol. The van der Waals surface area contributed by atoms with Crippen LogP contribution in [0.5, 0.6) is 11.5 Å². The van der Waals surface area contributed by atoms with E-state index in [9.17, 15) is 13.2 Å². The molecule has 1 saturated heterocycles. The lowest BCUT2D eigenvalue weighted by Gasteiger charge is -2.38. The summed E-state index contributed by atoms with van der Waals surface area (Å²) in [7, 11) is -1.98. The number of carbonyl (C=O) groups excluding carboxylic acids is 1. The van der Waals surface area contributed by atoms with Crippen LogP contribution >= 0.6 is 0 Å². The standard InChI is InChI=1S/C25H31N3O5S/c1-25(2,19-9-11-20(32-3)12-10-19)24(29)28-13-5-6-17(14-28)15-33-21-8-4-7-18-16-34(30,31)27-23(26)22(18)21/h4,7-12,17H,5-6,13-16H2,1-3H3,(H2,26,27)/t17-/m0/s1. The zero-order valence-electron chi connectivity index (χ0n) is 19.8. The smallest absolute Gasteiger partial charge is 0.259 e. The lowest BCUT2D eigenvalue weighted by Crippen LogP contribution is -2.48. The number of piperidine rings is 1. The molecule has 0 aliphatic carbocycles. The van der Waals surface area contributed by atoms with Gasteiger partial charge in [-0.3, -0.25) is 4.79 Å². The minimum atomic E-state index is -3.60. The van der Waals surface area contributed by atoms with Gasteiger partial charge in [0.25, 0.3) is 10.0 Å². The number of hydrogen-bond donors (Lipinski definition) is 1. The molecule has 1 amide bonds. The van der Waals surface area contributed by atoms with Crippen LogP contribution in [0.2, 0.25) is 0 Å². The number of ether oxygens (including phenoxy) is 2. The molecule has 0 saturated carbocycles. The normalized spacial score (nSPS) is 19.7. The highest BCUT2D eigenvalue weighted by molar-refractivity contribution is 7.89. The highest BCUT2D eigenvalue weighted by Crippen LogP contribution is 2.31. The van der Waals surface area contributed by atoms with Crippen molar-refractivity contribution in [2.45, 2.75) is 37.9 Å². The van der Waals surface area contributed by atoms with Crippen LogP contribution in [0, 0.1) is 5.92 Å². The van der Waals surface area contributed by atoms with Gasteiger partial charge in [0, 0.05) is 19.0 Å². The van der Waals surface area contributed by atoms with Crippen molar-refractivity contribution < 1.29 is 22.7 Å². The summed E-state index contributed by atoms with van der Waals surface area (Å²) in [5.74, 6) is 1.29. The Kier molecular flexibility index (Phi) is 6.58. The summed E-state index contributed by atoms with van der Waals surface area (Å²) >= 11 is 0. The summed E-state index contributed by atoms with van der Waals surface area (Å²) in [6, 6.07) is 12.9. The second-order valence-electron chi connectivity index (χ2n) is 9.42. The predicted octanol–water partition coefficient (Wildman–Crippen LogP) is 2.84. The van der Waals surface area contributed by atoms with Crippen molar-refractivity contribution in [2.24, 2.45) is 16.0 Å². The van der Waals surface area contributed by atoms with Crippen molar-refractivity contribution in [3.8, 4) is 11.5 Å². The molecule has 2 aromatic carbocycles. The van der Waals surface area contributed by atoms with Gasteiger partial charge < -0.3 is 20.1 Å². The molecule has 2 aromatic rings. The molecule has 1 fully saturated rings. The second kappa shape index (κ2) is 9.29. The van der Waals surface area contributed by atoms with E-state index in [1.165, 1.54) is 0 Å². The zero-order chi connectivity index (χ0) is 24.5. The van der Waals surface area contributed by atoms with Crippen molar-refractivity contribution in [2.75, 3.05) is 26.8 Å². The SMILES string of the molecule is COc1ccc(C(C)(C)C(=O)N2CCC[C@H](COc3cccc4c3C(N)=NS(=O)(=O)C4)C2)cc1. The molecule has 2 aliphatic heterocycles. The number of methoxy groups -OCH3 is 1. The highest BCUT2D eigenvalue weighted by Gasteiger charge is 2.36. The molecule has 1 atom stereocenters. The van der Waals surface area contributed by atoms with Crippen LogP contribution in [0.15, 0.2) is 46.9 Å². The van der Waals surface area contributed by atoms with Crippen LogP contribution < -0.4 is 15.2 Å². The van der Waals surface area contributed by atoms with E-state index >= 15 is 0 Å². The van der Waals surface area contributed by atoms with Crippen molar-refractivity contribution in [1.82, 2.24) is 4.90 Å². The molecule has 34 heavy (non-hydrogen) atoms. The Labute approximate surface area is 200 Å². The summed E-state index contributed by atoms with van der Waals surface area (Å²) in [6.07, 6.45) is 1.84. The van der Waals surface area contributed by atoms with Crippen molar-refractivity contribution in [3.05, 3.63) is 59.2 Å². The summed E-state index contributed by atoms with van der Waals surface area (Å²) in [5, 5.41) is 0. The molecular formula is C25H31N3O5S. The molecule has 2 aliphatic rings. The number of benzene rings is 2. The maximum absolute atomic E-state index is 13.5. The van der Waals surface area contributed by atoms with Gasteiger partial charge in [-0.25, -0.2) is 8.42 Å². The van der Waals surface area contributed by atoms with Gasteiger partial charge in [0.1, 0.15) is 17.3 Å². The number of amidine groups is 1. The van der Waals surface area contributed by atoms with E-state index in [1.54, 1.807) is 25.3 Å². The summed E-state index contributed by atoms with van der Waals surface area (Å²) in [5.41, 5.74) is 7.36. The first kappa shape index (κ1) is 24.1. The van der Waals surface area contributed by atoms with Crippen LogP contribution in [0.4, 0.5) is 0 Å². The van der Waals surface area contributed by atoms with Crippen LogP contribution in [0.1, 0.15) is 43.4 Å². The Bertz CT molecular complexity index is 1210. The first-order valence-electron chi connectivity index (χ1n) is 11.4. The average molecular weight is 486 g/mol. The number of rotatable bonds is 6. The van der Waals surface area contributed by atoms with Crippen LogP contribution in [0.25, 0.3) is 0 Å². The molecule has 2 N–H and O–H groups in total. The van der Waals surface area contributed by atoms with E-state index in [0.717, 1.165) is 24.2 Å². The predicted molar refractivity (Wildman–Crippen MR) is 131 cm³/mol. The first-order chi connectivity index (χ1) is 16.1. The molecule has 4 rings (SSSR count). The third-order valence-corrected chi connectivity index (χ3v) is 7.72. The lowest BCUT2D eigenvalue weighted by atomic mass is 9.82. The Morgan fingerprint density at radius 2 is 1.94 bits per heavy atom. The Morgan fingerprint density at radius 1 is 1.21 bits per heavy atom. The molecule has 9 heteroatoms. The third kappa shape index (κ3) is 4.89. The highest BCUT2D eigenvalue weighted by atomic mass is 32.2. The maximum Gasteiger partial charge on any atom is 0.259 e. The third-order valence-electron chi connectivity index (χ3n) is 6.57. The van der Waals surface area contributed by atoms with E-state index in [-0.39, 0.29) is 23.4 Å². The van der Waals surface area contributed by atoms with Gasteiger partial charge in [-0.15, -0.1) is 4.40 Å². The number of amides is 1. The largest absolute Gasteiger partial charge is 0.497 e. The second-order valence-corrected chi connectivity index (χ2v) is 11.1. The quantitative estimate of drug-likeness (QED) is 0.674. The Hall–Kier alpha value is -3.07. The maximum atomic E-state index is 13.5. The fraction of sp³-hybridized carbons (Fsp3) is 0.440. The van der Waals surface area contributed by atoms with Gasteiger partial charge in [-0.05, 0) is 56.0 Å². The summed E-state index contributed by atoms with van der Waals surface area (Å²) in [4.78, 5) is 15.4. The molecule has 0 radical (unpaired) electrons. The molecule has 0 aromatic heterocycles. The van der Waals surface area contributed by atoms with Crippen molar-refractivity contribution in [3.63, 3.8) is 0 Å². The van der Waals surface area contributed by atoms with Gasteiger partial charge >= 0.3 is 0 Å². The number of hydrogen-bond acceptors (Lipinski definition) is 6. The Balaban J connectivity index is 1.44. The minimum Gasteiger partial charge on any atom is -0.497 e. The van der Waals surface area contributed by atoms with E-state index in [4.69, 9.17) is 15.2 Å². The first-order valence-corrected chi connectivity index (χ1v) is 13.0. The van der Waals surface area contributed by atoms with Gasteiger partial charge in [-0.2, -0.15) is 0 Å². The summed E-state index contributed by atoms with van der Waals surface area (Å²) in [6.45, 7) is 5.62. The van der Waals surface area contributed by atoms with Gasteiger partial charge in [0.15, 0.2) is 0 Å². The summed E-state index contributed by atoms with van der Waals surface area (Å²) < 4.78 is 38.8. The van der Waals surface area contributed by atoms with Crippen LogP contribution in [-0.2, 0) is 26.0 Å². The molecule has 2 heterocycles. The van der Waals surface area contributed by atoms with Gasteiger partial charge in [-0.1, -0.05) is 24.3 Å². The number of nitrogens with zero attached hydrogens (tertiary/aromatic N) is 2. The number of carbonyl (C=O) groups is 1. The topological polar surface area (TPSA) is 111 Å². The minimum absolute atomic E-state index is 0.0430. The fourth-order valence-electron chi connectivity index (χ4n) is 4.65. The fourth-order valence-corrected chi connectivity index (χ4v) is 5.74. The molecule has 182 valence electrons. The molecule has 0 spiro atoms. The monoisotopic (exact) mass is 485 g/mol. The van der Waals surface area contributed by atoms with E-state index in [0.29, 0.717) is 36.6 Å². The number of fused-ring (bicyclic) bond motifs is 1. The number of nitrogens with two attached hydrogens (primary N) is 1.